The summed E-state index contributed by atoms with van der Waals surface area (Å²) in [7, 11) is 1.67. The molecule has 1 rings (SSSR count). The smallest absolute Gasteiger partial charge is 0.199 e. The number of hydrogen-bond acceptors (Lipinski definition) is 7. The Hall–Kier alpha value is -1.67. The van der Waals surface area contributed by atoms with E-state index in [9.17, 15) is 5.21 Å². The molecule has 0 radical (unpaired) electrons. The van der Waals surface area contributed by atoms with Gasteiger partial charge in [0, 0.05) is 7.11 Å². The maximum Gasteiger partial charge on any atom is 0.199 e. The van der Waals surface area contributed by atoms with Crippen molar-refractivity contribution in [2.75, 3.05) is 19.5 Å². The summed E-state index contributed by atoms with van der Waals surface area (Å²) < 4.78 is 9.71. The van der Waals surface area contributed by atoms with Crippen LogP contribution in [0.15, 0.2) is 9.62 Å². The van der Waals surface area contributed by atoms with Crippen LogP contribution in [-0.2, 0) is 4.74 Å². The molecule has 8 nitrogen and oxygen atoms in total. The highest BCUT2D eigenvalue weighted by molar-refractivity contribution is 5.99. The summed E-state index contributed by atoms with van der Waals surface area (Å²) in [5.74, 6) is 0.194. The third-order valence-corrected chi connectivity index (χ3v) is 2.70. The molecule has 1 heterocycles. The first kappa shape index (κ1) is 16.4. The fourth-order valence-electron chi connectivity index (χ4n) is 2.45. The van der Waals surface area contributed by atoms with Crippen molar-refractivity contribution < 1.29 is 14.6 Å². The van der Waals surface area contributed by atoms with Gasteiger partial charge in [0.2, 0.25) is 0 Å². The van der Waals surface area contributed by atoms with E-state index in [2.05, 4.69) is 33.8 Å². The number of aliphatic imine (C=N–C) groups is 1. The highest BCUT2D eigenvalue weighted by Gasteiger charge is 2.30. The molecule has 0 aliphatic carbocycles. The van der Waals surface area contributed by atoms with Gasteiger partial charge in [-0.2, -0.15) is 0 Å². The Morgan fingerprint density at radius 1 is 1.40 bits per heavy atom. The van der Waals surface area contributed by atoms with Gasteiger partial charge in [-0.25, -0.2) is 4.63 Å². The molecule has 4 N–H and O–H groups in total. The van der Waals surface area contributed by atoms with Crippen LogP contribution < -0.4 is 11.2 Å². The number of amidine groups is 1. The van der Waals surface area contributed by atoms with Gasteiger partial charge in [0.05, 0.1) is 12.1 Å². The maximum absolute atomic E-state index is 9.22. The summed E-state index contributed by atoms with van der Waals surface area (Å²) in [6.45, 7) is 8.69. The molecule has 0 aliphatic heterocycles. The van der Waals surface area contributed by atoms with E-state index in [4.69, 9.17) is 10.5 Å². The number of nitrogens with one attached hydrogen (secondary N) is 1. The van der Waals surface area contributed by atoms with E-state index in [1.54, 1.807) is 7.11 Å². The van der Waals surface area contributed by atoms with Crippen LogP contribution in [0.2, 0.25) is 0 Å². The lowest BCUT2D eigenvalue weighted by Gasteiger charge is -2.32. The maximum atomic E-state index is 9.22. The number of nitrogen functional groups attached to an aromatic ring is 1. The van der Waals surface area contributed by atoms with Crippen LogP contribution in [0.25, 0.3) is 0 Å². The highest BCUT2D eigenvalue weighted by Crippen LogP contribution is 2.30. The first-order valence-electron chi connectivity index (χ1n) is 6.28. The number of hydroxylamine groups is 1. The lowest BCUT2D eigenvalue weighted by atomic mass is 9.81. The molecule has 1 aromatic rings. The zero-order chi connectivity index (χ0) is 15.4. The van der Waals surface area contributed by atoms with Crippen molar-refractivity contribution in [3.8, 4) is 0 Å². The standard InChI is InChI=1S/C12H23N5O3/c1-11(2,7-19-5)6-12(3,4)14-10(15-18)8-9(13)17-20-16-8/h18H,6-7H2,1-5H3,(H2,13,17)(H,14,15). The fourth-order valence-corrected chi connectivity index (χ4v) is 2.45. The number of hydrogen-bond donors (Lipinski definition) is 3. The van der Waals surface area contributed by atoms with Gasteiger partial charge in [-0.15, -0.1) is 0 Å². The zero-order valence-electron chi connectivity index (χ0n) is 12.6. The second-order valence-corrected chi connectivity index (χ2v) is 6.16. The van der Waals surface area contributed by atoms with Gasteiger partial charge in [0.15, 0.2) is 17.3 Å². The largest absolute Gasteiger partial charge is 0.384 e. The average Bonchev–Trinajstić information content (AvgIpc) is 2.70. The van der Waals surface area contributed by atoms with E-state index < -0.39 is 5.54 Å². The number of aromatic nitrogens is 2. The summed E-state index contributed by atoms with van der Waals surface area (Å²) >= 11 is 0. The normalized spacial score (nSPS) is 13.6. The number of rotatable bonds is 6. The number of anilines is 1. The van der Waals surface area contributed by atoms with E-state index in [-0.39, 0.29) is 22.8 Å². The average molecular weight is 285 g/mol. The molecule has 1 aromatic heterocycles. The Balaban J connectivity index is 2.96. The predicted molar refractivity (Wildman–Crippen MR) is 74.5 cm³/mol. The molecule has 0 fully saturated rings. The molecule has 0 bridgehead atoms. The van der Waals surface area contributed by atoms with Gasteiger partial charge in [-0.05, 0) is 36.0 Å². The van der Waals surface area contributed by atoms with Crippen molar-refractivity contribution in [3.05, 3.63) is 5.69 Å². The molecular weight excluding hydrogens is 262 g/mol. The van der Waals surface area contributed by atoms with Gasteiger partial charge in [0.1, 0.15) is 0 Å². The number of methoxy groups -OCH3 is 1. The number of nitrogens with two attached hydrogens (primary N) is 1. The van der Waals surface area contributed by atoms with Gasteiger partial charge in [0.25, 0.3) is 0 Å². The molecule has 8 heteroatoms. The minimum atomic E-state index is -0.460. The molecule has 0 aliphatic rings. The fraction of sp³-hybridized carbons (Fsp3) is 0.750. The lowest BCUT2D eigenvalue weighted by molar-refractivity contribution is 0.0843. The predicted octanol–water partition coefficient (Wildman–Crippen LogP) is 1.22. The summed E-state index contributed by atoms with van der Waals surface area (Å²) in [6.07, 6.45) is 0.740. The van der Waals surface area contributed by atoms with E-state index in [1.807, 2.05) is 19.3 Å². The third-order valence-electron chi connectivity index (χ3n) is 2.70. The number of nitrogens with zero attached hydrogens (tertiary/aromatic N) is 3. The summed E-state index contributed by atoms with van der Waals surface area (Å²) in [6, 6.07) is 0. The Morgan fingerprint density at radius 3 is 2.50 bits per heavy atom. The zero-order valence-corrected chi connectivity index (χ0v) is 12.6. The lowest BCUT2D eigenvalue weighted by Crippen LogP contribution is -2.33. The summed E-state index contributed by atoms with van der Waals surface area (Å²) in [5, 5.41) is 16.3. The molecule has 0 unspecified atom stereocenters. The van der Waals surface area contributed by atoms with Crippen LogP contribution in [0.5, 0.6) is 0 Å². The number of ether oxygens (including phenoxy) is 1. The second-order valence-electron chi connectivity index (χ2n) is 6.16. The first-order valence-corrected chi connectivity index (χ1v) is 6.28. The van der Waals surface area contributed by atoms with Crippen LogP contribution in [0.3, 0.4) is 0 Å². The van der Waals surface area contributed by atoms with Crippen LogP contribution >= 0.6 is 0 Å². The Bertz CT molecular complexity index is 467. The molecule has 114 valence electrons. The topological polar surface area (TPSA) is 119 Å². The van der Waals surface area contributed by atoms with Crippen molar-refractivity contribution in [2.24, 2.45) is 10.4 Å². The van der Waals surface area contributed by atoms with Crippen molar-refractivity contribution in [2.45, 2.75) is 39.7 Å². The van der Waals surface area contributed by atoms with Crippen molar-refractivity contribution >= 4 is 11.7 Å². The first-order chi connectivity index (χ1) is 9.21. The molecule has 0 saturated carbocycles. The Kier molecular flexibility index (Phi) is 5.07. The van der Waals surface area contributed by atoms with Crippen molar-refractivity contribution in [1.82, 2.24) is 15.8 Å². The molecule has 0 atom stereocenters. The van der Waals surface area contributed by atoms with E-state index in [0.717, 1.165) is 6.42 Å². The Labute approximate surface area is 118 Å². The van der Waals surface area contributed by atoms with Crippen LogP contribution in [0.1, 0.15) is 39.8 Å². The highest BCUT2D eigenvalue weighted by atomic mass is 16.6. The van der Waals surface area contributed by atoms with E-state index >= 15 is 0 Å². The van der Waals surface area contributed by atoms with Gasteiger partial charge in [-0.1, -0.05) is 13.8 Å². The molecule has 0 amide bonds. The molecule has 0 aromatic carbocycles. The van der Waals surface area contributed by atoms with Crippen LogP contribution in [0, 0.1) is 5.41 Å². The van der Waals surface area contributed by atoms with Crippen LogP contribution in [0.4, 0.5) is 5.82 Å². The van der Waals surface area contributed by atoms with Gasteiger partial charge < -0.3 is 10.5 Å². The van der Waals surface area contributed by atoms with Crippen molar-refractivity contribution in [1.29, 1.82) is 0 Å². The van der Waals surface area contributed by atoms with Crippen molar-refractivity contribution in [3.63, 3.8) is 0 Å². The molecular formula is C12H23N5O3. The van der Waals surface area contributed by atoms with E-state index in [0.29, 0.717) is 6.61 Å². The third kappa shape index (κ3) is 4.46. The monoisotopic (exact) mass is 285 g/mol. The minimum absolute atomic E-state index is 0.0596. The minimum Gasteiger partial charge on any atom is -0.384 e. The quantitative estimate of drug-likeness (QED) is 0.408. The molecule has 20 heavy (non-hydrogen) atoms. The van der Waals surface area contributed by atoms with Crippen LogP contribution in [-0.4, -0.2) is 40.6 Å². The Morgan fingerprint density at radius 2 is 2.05 bits per heavy atom. The second kappa shape index (κ2) is 6.19. The summed E-state index contributed by atoms with van der Waals surface area (Å²) in [5.41, 5.74) is 7.25. The SMILES string of the molecule is COCC(C)(C)CC(C)(C)N=C(NO)c1nonc1N. The summed E-state index contributed by atoms with van der Waals surface area (Å²) in [4.78, 5) is 4.46. The van der Waals surface area contributed by atoms with Gasteiger partial charge in [-0.3, -0.25) is 15.7 Å². The molecule has 0 saturated heterocycles. The molecule has 0 spiro atoms. The van der Waals surface area contributed by atoms with Gasteiger partial charge >= 0.3 is 0 Å². The van der Waals surface area contributed by atoms with E-state index in [1.165, 1.54) is 0 Å².